The van der Waals surface area contributed by atoms with Gasteiger partial charge in [-0.2, -0.15) is 0 Å². The van der Waals surface area contributed by atoms with Crippen LogP contribution in [0.15, 0.2) is 59.9 Å². The molecule has 1 aliphatic heterocycles. The summed E-state index contributed by atoms with van der Waals surface area (Å²) in [4.78, 5) is 30.4. The van der Waals surface area contributed by atoms with Crippen molar-refractivity contribution < 1.29 is 19.1 Å². The average molecular weight is 392 g/mol. The Hall–Kier alpha value is -3.41. The van der Waals surface area contributed by atoms with Gasteiger partial charge in [0.05, 0.1) is 11.6 Å². The van der Waals surface area contributed by atoms with Gasteiger partial charge in [0.15, 0.2) is 11.5 Å². The molecule has 29 heavy (non-hydrogen) atoms. The van der Waals surface area contributed by atoms with Crippen LogP contribution >= 0.6 is 0 Å². The maximum atomic E-state index is 13.3. The van der Waals surface area contributed by atoms with Crippen molar-refractivity contribution in [1.82, 2.24) is 9.88 Å². The number of nitrogens with one attached hydrogen (secondary N) is 1. The molecule has 0 saturated heterocycles. The van der Waals surface area contributed by atoms with Gasteiger partial charge in [-0.1, -0.05) is 37.3 Å². The number of H-pyrrole nitrogens is 1. The molecule has 0 bridgehead atoms. The van der Waals surface area contributed by atoms with Crippen LogP contribution in [0.5, 0.6) is 0 Å². The first-order valence-electron chi connectivity index (χ1n) is 9.51. The predicted molar refractivity (Wildman–Crippen MR) is 108 cm³/mol. The van der Waals surface area contributed by atoms with E-state index in [4.69, 9.17) is 0 Å². The van der Waals surface area contributed by atoms with Crippen molar-refractivity contribution in [2.45, 2.75) is 32.9 Å². The zero-order chi connectivity index (χ0) is 20.7. The van der Waals surface area contributed by atoms with Gasteiger partial charge in [0.1, 0.15) is 5.82 Å². The summed E-state index contributed by atoms with van der Waals surface area (Å²) in [5.74, 6) is -1.74. The van der Waals surface area contributed by atoms with E-state index >= 15 is 0 Å². The third-order valence-electron chi connectivity index (χ3n) is 5.41. The van der Waals surface area contributed by atoms with Crippen molar-refractivity contribution in [2.75, 3.05) is 0 Å². The Bertz CT molecular complexity index is 1140. The zero-order valence-electron chi connectivity index (χ0n) is 16.2. The molecule has 148 valence electrons. The van der Waals surface area contributed by atoms with Crippen molar-refractivity contribution in [3.05, 3.63) is 82.5 Å². The first kappa shape index (κ1) is 18.9. The number of carbonyl (C=O) groups excluding carboxylic acids is 2. The van der Waals surface area contributed by atoms with Crippen LogP contribution in [0.3, 0.4) is 0 Å². The fourth-order valence-corrected chi connectivity index (χ4v) is 4.03. The smallest absolute Gasteiger partial charge is 0.290 e. The highest BCUT2D eigenvalue weighted by molar-refractivity contribution is 6.09. The minimum absolute atomic E-state index is 0.118. The molecule has 2 heterocycles. The van der Waals surface area contributed by atoms with E-state index in [9.17, 15) is 19.1 Å². The third-order valence-corrected chi connectivity index (χ3v) is 5.41. The van der Waals surface area contributed by atoms with Gasteiger partial charge >= 0.3 is 0 Å². The Balaban J connectivity index is 1.88. The van der Waals surface area contributed by atoms with Gasteiger partial charge in [0.25, 0.3) is 5.91 Å². The number of halogens is 1. The summed E-state index contributed by atoms with van der Waals surface area (Å²) in [6, 6.07) is 12.8. The Kier molecular flexibility index (Phi) is 4.70. The van der Waals surface area contributed by atoms with Gasteiger partial charge in [0.2, 0.25) is 0 Å². The SMILES string of the molecule is CCC(=O)C1=C(O)C(=O)N(Cc2ccc(F)cc2)C1c1c(C)[nH]c2ccccc12. The van der Waals surface area contributed by atoms with Crippen LogP contribution in [0.25, 0.3) is 10.9 Å². The summed E-state index contributed by atoms with van der Waals surface area (Å²) >= 11 is 0. The van der Waals surface area contributed by atoms with Crippen LogP contribution in [0, 0.1) is 12.7 Å². The van der Waals surface area contributed by atoms with Crippen LogP contribution in [0.2, 0.25) is 0 Å². The number of aliphatic hydroxyl groups excluding tert-OH is 1. The average Bonchev–Trinajstić information content (AvgIpc) is 3.17. The summed E-state index contributed by atoms with van der Waals surface area (Å²) in [7, 11) is 0. The maximum absolute atomic E-state index is 13.3. The molecular weight excluding hydrogens is 371 g/mol. The van der Waals surface area contributed by atoms with Crippen molar-refractivity contribution in [1.29, 1.82) is 0 Å². The number of hydrogen-bond donors (Lipinski definition) is 2. The molecular formula is C23H21FN2O3. The number of benzene rings is 2. The highest BCUT2D eigenvalue weighted by Crippen LogP contribution is 2.43. The van der Waals surface area contributed by atoms with Gasteiger partial charge < -0.3 is 15.0 Å². The Labute approximate surface area is 167 Å². The van der Waals surface area contributed by atoms with E-state index < -0.39 is 17.7 Å². The highest BCUT2D eigenvalue weighted by atomic mass is 19.1. The van der Waals surface area contributed by atoms with Crippen molar-refractivity contribution in [2.24, 2.45) is 0 Å². The zero-order valence-corrected chi connectivity index (χ0v) is 16.2. The fourth-order valence-electron chi connectivity index (χ4n) is 4.03. The lowest BCUT2D eigenvalue weighted by molar-refractivity contribution is -0.130. The number of aliphatic hydroxyl groups is 1. The van der Waals surface area contributed by atoms with Crippen LogP contribution in [-0.2, 0) is 16.1 Å². The molecule has 5 nitrogen and oxygen atoms in total. The lowest BCUT2D eigenvalue weighted by Crippen LogP contribution is -2.31. The molecule has 6 heteroatoms. The number of ketones is 1. The molecule has 1 aromatic heterocycles. The number of aromatic nitrogens is 1. The van der Waals surface area contributed by atoms with E-state index in [2.05, 4.69) is 4.98 Å². The number of para-hydroxylation sites is 1. The molecule has 1 atom stereocenters. The van der Waals surface area contributed by atoms with E-state index in [0.29, 0.717) is 5.56 Å². The van der Waals surface area contributed by atoms with Gasteiger partial charge in [-0.05, 0) is 30.7 Å². The van der Waals surface area contributed by atoms with Crippen molar-refractivity contribution in [3.63, 3.8) is 0 Å². The number of aryl methyl sites for hydroxylation is 1. The van der Waals surface area contributed by atoms with Crippen LogP contribution in [0.4, 0.5) is 4.39 Å². The molecule has 2 N–H and O–H groups in total. The van der Waals surface area contributed by atoms with Gasteiger partial charge in [-0.15, -0.1) is 0 Å². The molecule has 0 fully saturated rings. The number of rotatable bonds is 5. The molecule has 1 aliphatic rings. The Morgan fingerprint density at radius 3 is 2.55 bits per heavy atom. The summed E-state index contributed by atoms with van der Waals surface area (Å²) in [6.07, 6.45) is 0.176. The van der Waals surface area contributed by atoms with Crippen LogP contribution in [-0.4, -0.2) is 26.7 Å². The van der Waals surface area contributed by atoms with E-state index in [0.717, 1.165) is 22.2 Å². The number of carbonyl (C=O) groups is 2. The second-order valence-corrected chi connectivity index (χ2v) is 7.21. The van der Waals surface area contributed by atoms with E-state index in [1.165, 1.54) is 17.0 Å². The monoisotopic (exact) mass is 392 g/mol. The van der Waals surface area contributed by atoms with Gasteiger partial charge in [-0.3, -0.25) is 9.59 Å². The Morgan fingerprint density at radius 2 is 1.86 bits per heavy atom. The predicted octanol–water partition coefficient (Wildman–Crippen LogP) is 4.49. The molecule has 3 aromatic rings. The topological polar surface area (TPSA) is 73.4 Å². The number of Topliss-reactive ketones (excluding diaryl/α,β-unsaturated/α-hetero) is 1. The molecule has 1 amide bonds. The lowest BCUT2D eigenvalue weighted by Gasteiger charge is -2.27. The van der Waals surface area contributed by atoms with Crippen LogP contribution in [0.1, 0.15) is 36.2 Å². The molecule has 2 aromatic carbocycles. The Morgan fingerprint density at radius 1 is 1.17 bits per heavy atom. The lowest BCUT2D eigenvalue weighted by atomic mass is 9.93. The third kappa shape index (κ3) is 3.10. The van der Waals surface area contributed by atoms with Crippen molar-refractivity contribution in [3.8, 4) is 0 Å². The van der Waals surface area contributed by atoms with Gasteiger partial charge in [-0.25, -0.2) is 4.39 Å². The first-order valence-corrected chi connectivity index (χ1v) is 9.51. The minimum atomic E-state index is -0.712. The summed E-state index contributed by atoms with van der Waals surface area (Å²) in [5.41, 5.74) is 3.33. The summed E-state index contributed by atoms with van der Waals surface area (Å²) in [6.45, 7) is 3.74. The second kappa shape index (κ2) is 7.20. The molecule has 0 aliphatic carbocycles. The molecule has 0 spiro atoms. The second-order valence-electron chi connectivity index (χ2n) is 7.21. The van der Waals surface area contributed by atoms with Crippen molar-refractivity contribution >= 4 is 22.6 Å². The standard InChI is InChI=1S/C23H21FN2O3/c1-3-18(27)20-21(19-13(2)25-17-7-5-4-6-16(17)19)26(23(29)22(20)28)12-14-8-10-15(24)11-9-14/h4-11,21,25,28H,3,12H2,1-2H3. The normalized spacial score (nSPS) is 16.9. The first-order chi connectivity index (χ1) is 13.9. The maximum Gasteiger partial charge on any atom is 0.290 e. The molecule has 4 rings (SSSR count). The molecule has 0 radical (unpaired) electrons. The number of aromatic amines is 1. The molecule has 0 saturated carbocycles. The largest absolute Gasteiger partial charge is 0.503 e. The van der Waals surface area contributed by atoms with E-state index in [-0.39, 0.29) is 30.1 Å². The quantitative estimate of drug-likeness (QED) is 0.672. The number of amides is 1. The highest BCUT2D eigenvalue weighted by Gasteiger charge is 2.44. The summed E-state index contributed by atoms with van der Waals surface area (Å²) < 4.78 is 13.3. The minimum Gasteiger partial charge on any atom is -0.503 e. The van der Waals surface area contributed by atoms with Gasteiger partial charge in [0, 0.05) is 35.1 Å². The van der Waals surface area contributed by atoms with E-state index in [1.54, 1.807) is 19.1 Å². The van der Waals surface area contributed by atoms with E-state index in [1.807, 2.05) is 31.2 Å². The summed E-state index contributed by atoms with van der Waals surface area (Å²) in [5, 5.41) is 11.5. The number of hydrogen-bond acceptors (Lipinski definition) is 3. The molecule has 1 unspecified atom stereocenters. The number of fused-ring (bicyclic) bond motifs is 1. The van der Waals surface area contributed by atoms with Crippen LogP contribution < -0.4 is 0 Å². The number of nitrogens with zero attached hydrogens (tertiary/aromatic N) is 1. The fraction of sp³-hybridized carbons (Fsp3) is 0.217.